The van der Waals surface area contributed by atoms with Gasteiger partial charge in [-0.15, -0.1) is 0 Å². The quantitative estimate of drug-likeness (QED) is 0.643. The van der Waals surface area contributed by atoms with E-state index in [9.17, 15) is 13.2 Å². The smallest absolute Gasteiger partial charge is 0.209 e. The summed E-state index contributed by atoms with van der Waals surface area (Å²) in [6.45, 7) is 0. The van der Waals surface area contributed by atoms with Crippen LogP contribution in [-0.4, -0.2) is 20.0 Å². The molecule has 2 aromatic rings. The van der Waals surface area contributed by atoms with Gasteiger partial charge in [0.15, 0.2) is 5.78 Å². The van der Waals surface area contributed by atoms with E-state index in [1.165, 1.54) is 0 Å². The van der Waals surface area contributed by atoms with Crippen molar-refractivity contribution in [2.45, 2.75) is 5.25 Å². The van der Waals surface area contributed by atoms with Crippen LogP contribution in [0.2, 0.25) is 0 Å². The van der Waals surface area contributed by atoms with Crippen LogP contribution in [-0.2, 0) is 8.87 Å². The van der Waals surface area contributed by atoms with Gasteiger partial charge in [-0.1, -0.05) is 60.7 Å². The number of benzene rings is 2. The van der Waals surface area contributed by atoms with Crippen molar-refractivity contribution in [1.82, 2.24) is 0 Å². The third kappa shape index (κ3) is 2.76. The monoisotopic (exact) mass is 318 g/mol. The van der Waals surface area contributed by atoms with Crippen LogP contribution in [0, 0.1) is 5.92 Å². The molecule has 2 unspecified atom stereocenters. The molecule has 108 valence electrons. The second-order valence-corrected chi connectivity index (χ2v) is 9.11. The van der Waals surface area contributed by atoms with Crippen molar-refractivity contribution in [1.29, 1.82) is 0 Å². The third-order valence-corrected chi connectivity index (χ3v) is 7.67. The topological polar surface area (TPSA) is 51.2 Å². The van der Waals surface area contributed by atoms with Gasteiger partial charge in [-0.05, 0) is 16.4 Å². The van der Waals surface area contributed by atoms with Gasteiger partial charge in [0.2, 0.25) is 8.87 Å². The van der Waals surface area contributed by atoms with Gasteiger partial charge in [-0.25, -0.2) is 8.42 Å². The zero-order valence-electron chi connectivity index (χ0n) is 11.2. The molecule has 3 rings (SSSR count). The molecule has 5 heteroatoms. The molecule has 1 aliphatic rings. The van der Waals surface area contributed by atoms with E-state index in [1.807, 2.05) is 12.1 Å². The van der Waals surface area contributed by atoms with Gasteiger partial charge >= 0.3 is 0 Å². The lowest BCUT2D eigenvalue weighted by Gasteiger charge is -2.17. The highest BCUT2D eigenvalue weighted by atomic mass is 33.1. The first kappa shape index (κ1) is 14.4. The Hall–Kier alpha value is -1.59. The zero-order valence-corrected chi connectivity index (χ0v) is 12.8. The van der Waals surface area contributed by atoms with E-state index in [0.29, 0.717) is 16.9 Å². The summed E-state index contributed by atoms with van der Waals surface area (Å²) in [4.78, 5) is 12.6. The van der Waals surface area contributed by atoms with Crippen LogP contribution in [0.3, 0.4) is 0 Å². The fourth-order valence-electron chi connectivity index (χ4n) is 2.60. The molecule has 0 N–H and O–H groups in total. The van der Waals surface area contributed by atoms with Crippen molar-refractivity contribution in [3.8, 4) is 0 Å². The summed E-state index contributed by atoms with van der Waals surface area (Å²) in [5.41, 5.74) is 1.26. The summed E-state index contributed by atoms with van der Waals surface area (Å²) in [5, 5.41) is -0.753. The average Bonchev–Trinajstić information content (AvgIpc) is 2.83. The van der Waals surface area contributed by atoms with E-state index < -0.39 is 20.0 Å². The molecule has 0 spiro atoms. The second-order valence-electron chi connectivity index (χ2n) is 4.95. The maximum absolute atomic E-state index is 12.6. The van der Waals surface area contributed by atoms with Gasteiger partial charge in [0.1, 0.15) is 5.25 Å². The van der Waals surface area contributed by atoms with Crippen molar-refractivity contribution >= 4 is 25.4 Å². The van der Waals surface area contributed by atoms with Crippen LogP contribution in [0.25, 0.3) is 0 Å². The van der Waals surface area contributed by atoms with Crippen LogP contribution < -0.4 is 0 Å². The van der Waals surface area contributed by atoms with Crippen molar-refractivity contribution in [2.75, 3.05) is 5.75 Å². The summed E-state index contributed by atoms with van der Waals surface area (Å²) in [7, 11) is -2.46. The molecule has 0 amide bonds. The Morgan fingerprint density at radius 3 is 2.14 bits per heavy atom. The van der Waals surface area contributed by atoms with Gasteiger partial charge in [-0.3, -0.25) is 4.79 Å². The molecule has 0 aromatic heterocycles. The first-order valence-electron chi connectivity index (χ1n) is 6.62. The summed E-state index contributed by atoms with van der Waals surface area (Å²) < 4.78 is 24.6. The molecule has 2 aromatic carbocycles. The lowest BCUT2D eigenvalue weighted by molar-refractivity contribution is 0.0930. The largest absolute Gasteiger partial charge is 0.294 e. The minimum absolute atomic E-state index is 0.0990. The van der Waals surface area contributed by atoms with Crippen LogP contribution in [0.1, 0.15) is 21.2 Å². The number of ketones is 1. The minimum atomic E-state index is -3.35. The van der Waals surface area contributed by atoms with Gasteiger partial charge in [0.25, 0.3) is 0 Å². The molecule has 1 saturated heterocycles. The molecule has 2 atom stereocenters. The summed E-state index contributed by atoms with van der Waals surface area (Å²) in [6, 6.07) is 17.9. The molecular weight excluding hydrogens is 304 g/mol. The zero-order chi connectivity index (χ0) is 14.9. The van der Waals surface area contributed by atoms with Crippen LogP contribution in [0.5, 0.6) is 0 Å². The van der Waals surface area contributed by atoms with Gasteiger partial charge in [-0.2, -0.15) is 0 Å². The number of hydrogen-bond donors (Lipinski definition) is 0. The molecule has 21 heavy (non-hydrogen) atoms. The minimum Gasteiger partial charge on any atom is -0.294 e. The summed E-state index contributed by atoms with van der Waals surface area (Å²) in [6.07, 6.45) is 0. The lowest BCUT2D eigenvalue weighted by Crippen LogP contribution is -2.22. The molecule has 0 radical (unpaired) electrons. The number of carbonyl (C=O) groups is 1. The van der Waals surface area contributed by atoms with Crippen LogP contribution in [0.15, 0.2) is 60.7 Å². The Kier molecular flexibility index (Phi) is 3.87. The van der Waals surface area contributed by atoms with Crippen LogP contribution >= 0.6 is 10.8 Å². The number of hydrogen-bond acceptors (Lipinski definition) is 4. The fraction of sp³-hybridized carbons (Fsp3) is 0.188. The molecule has 0 saturated carbocycles. The normalized spacial score (nSPS) is 23.8. The number of Topliss-reactive ketones (excluding diaryl/α,β-unsaturated/α-hetero) is 1. The second kappa shape index (κ2) is 5.66. The Morgan fingerprint density at radius 2 is 1.52 bits per heavy atom. The first-order chi connectivity index (χ1) is 10.1. The predicted octanol–water partition coefficient (Wildman–Crippen LogP) is 3.30. The van der Waals surface area contributed by atoms with Gasteiger partial charge in [0, 0.05) is 11.3 Å². The average molecular weight is 318 g/mol. The summed E-state index contributed by atoms with van der Waals surface area (Å²) in [5.74, 6) is -0.307. The molecule has 1 fully saturated rings. The molecule has 1 heterocycles. The van der Waals surface area contributed by atoms with Crippen molar-refractivity contribution in [3.05, 3.63) is 71.8 Å². The molecule has 0 aliphatic carbocycles. The Labute approximate surface area is 127 Å². The molecular formula is C16H14O3S2. The first-order valence-corrected chi connectivity index (χ1v) is 9.67. The molecule has 0 bridgehead atoms. The highest BCUT2D eigenvalue weighted by Crippen LogP contribution is 2.46. The van der Waals surface area contributed by atoms with Gasteiger partial charge in [0.05, 0.1) is 5.92 Å². The highest BCUT2D eigenvalue weighted by Gasteiger charge is 2.45. The number of rotatable bonds is 3. The van der Waals surface area contributed by atoms with E-state index in [2.05, 4.69) is 0 Å². The maximum atomic E-state index is 12.6. The lowest BCUT2D eigenvalue weighted by atomic mass is 9.92. The van der Waals surface area contributed by atoms with E-state index in [4.69, 9.17) is 0 Å². The fourth-order valence-corrected chi connectivity index (χ4v) is 6.85. The van der Waals surface area contributed by atoms with E-state index in [0.717, 1.165) is 10.8 Å². The summed E-state index contributed by atoms with van der Waals surface area (Å²) >= 11 is 0. The third-order valence-electron chi connectivity index (χ3n) is 3.61. The standard InChI is InChI=1S/C16H14O3S2/c17-15(12-7-3-1-4-8-12)14-11-20-21(18,19)16(14)13-9-5-2-6-10-13/h1-10,14,16H,11H2. The van der Waals surface area contributed by atoms with Crippen LogP contribution in [0.4, 0.5) is 0 Å². The highest BCUT2D eigenvalue weighted by molar-refractivity contribution is 8.72. The Balaban J connectivity index is 2.01. The van der Waals surface area contributed by atoms with E-state index in [1.54, 1.807) is 48.5 Å². The molecule has 3 nitrogen and oxygen atoms in total. The molecule has 1 aliphatic heterocycles. The van der Waals surface area contributed by atoms with Crippen molar-refractivity contribution in [3.63, 3.8) is 0 Å². The Morgan fingerprint density at radius 1 is 0.952 bits per heavy atom. The van der Waals surface area contributed by atoms with E-state index in [-0.39, 0.29) is 5.78 Å². The van der Waals surface area contributed by atoms with E-state index >= 15 is 0 Å². The maximum Gasteiger partial charge on any atom is 0.209 e. The number of carbonyl (C=O) groups excluding carboxylic acids is 1. The van der Waals surface area contributed by atoms with Gasteiger partial charge < -0.3 is 0 Å². The SMILES string of the molecule is O=C(c1ccccc1)C1CSS(=O)(=O)C1c1ccccc1. The van der Waals surface area contributed by atoms with Crippen molar-refractivity contribution < 1.29 is 13.2 Å². The van der Waals surface area contributed by atoms with Crippen molar-refractivity contribution in [2.24, 2.45) is 5.92 Å². The Bertz CT molecular complexity index is 740. The predicted molar refractivity (Wildman–Crippen MR) is 84.8 cm³/mol.